The summed E-state index contributed by atoms with van der Waals surface area (Å²) in [6.45, 7) is 2.41. The van der Waals surface area contributed by atoms with Gasteiger partial charge in [0.1, 0.15) is 5.82 Å². The highest BCUT2D eigenvalue weighted by Gasteiger charge is 2.22. The van der Waals surface area contributed by atoms with E-state index < -0.39 is 5.97 Å². The highest BCUT2D eigenvalue weighted by atomic mass is 19.1. The Labute approximate surface area is 162 Å². The monoisotopic (exact) mass is 387 g/mol. The van der Waals surface area contributed by atoms with E-state index in [1.165, 1.54) is 12.1 Å². The first kappa shape index (κ1) is 19.5. The molecule has 9 heteroatoms. The van der Waals surface area contributed by atoms with Gasteiger partial charge in [0.05, 0.1) is 6.42 Å². The molecule has 0 spiro atoms. The van der Waals surface area contributed by atoms with Crippen LogP contribution in [0.4, 0.5) is 16.0 Å². The number of ether oxygens (including phenoxy) is 1. The molecule has 0 aliphatic carbocycles. The van der Waals surface area contributed by atoms with Gasteiger partial charge in [-0.1, -0.05) is 0 Å². The number of halogens is 1. The smallest absolute Gasteiger partial charge is 0.308 e. The first-order valence-corrected chi connectivity index (χ1v) is 9.06. The summed E-state index contributed by atoms with van der Waals surface area (Å²) in [5.41, 5.74) is 0.926. The van der Waals surface area contributed by atoms with Gasteiger partial charge in [0, 0.05) is 50.8 Å². The molecule has 3 rings (SSSR count). The zero-order valence-electron chi connectivity index (χ0n) is 15.4. The lowest BCUT2D eigenvalue weighted by Gasteiger charge is -2.36. The molecule has 28 heavy (non-hydrogen) atoms. The van der Waals surface area contributed by atoms with Crippen molar-refractivity contribution < 1.29 is 18.7 Å². The van der Waals surface area contributed by atoms with Crippen LogP contribution >= 0.6 is 0 Å². The lowest BCUT2D eigenvalue weighted by molar-refractivity contribution is -0.151. The van der Waals surface area contributed by atoms with Crippen LogP contribution in [-0.4, -0.2) is 66.1 Å². The number of nitrogens with one attached hydrogen (secondary N) is 1. The Hall–Kier alpha value is -3.23. The van der Waals surface area contributed by atoms with Gasteiger partial charge >= 0.3 is 5.97 Å². The van der Waals surface area contributed by atoms with Crippen molar-refractivity contribution in [2.75, 3.05) is 49.5 Å². The number of nitrogens with zero attached hydrogens (tertiary/aromatic N) is 4. The summed E-state index contributed by atoms with van der Waals surface area (Å²) in [7, 11) is 0. The molecule has 1 aliphatic rings. The average Bonchev–Trinajstić information content (AvgIpc) is 2.73. The minimum absolute atomic E-state index is 0.115. The summed E-state index contributed by atoms with van der Waals surface area (Å²) in [5, 5.41) is 2.90. The van der Waals surface area contributed by atoms with Crippen LogP contribution in [0, 0.1) is 5.82 Å². The number of esters is 1. The highest BCUT2D eigenvalue weighted by Crippen LogP contribution is 2.17. The zero-order valence-corrected chi connectivity index (χ0v) is 15.4. The van der Waals surface area contributed by atoms with Crippen molar-refractivity contribution in [2.45, 2.75) is 6.42 Å². The Balaban J connectivity index is 1.34. The normalized spacial score (nSPS) is 13.9. The summed E-state index contributed by atoms with van der Waals surface area (Å²) in [5.74, 6) is -0.510. The number of carbonyl (C=O) groups excluding carboxylic acids is 2. The fourth-order valence-corrected chi connectivity index (χ4v) is 2.84. The number of piperazine rings is 1. The third-order valence-corrected chi connectivity index (χ3v) is 4.36. The number of rotatable bonds is 7. The van der Waals surface area contributed by atoms with Gasteiger partial charge < -0.3 is 19.9 Å². The second kappa shape index (κ2) is 9.63. The van der Waals surface area contributed by atoms with Gasteiger partial charge in [0.25, 0.3) is 5.91 Å². The van der Waals surface area contributed by atoms with Gasteiger partial charge in [-0.2, -0.15) is 0 Å². The van der Waals surface area contributed by atoms with E-state index in [0.717, 1.165) is 5.69 Å². The average molecular weight is 387 g/mol. The molecule has 0 bridgehead atoms. The topological polar surface area (TPSA) is 87.7 Å². The van der Waals surface area contributed by atoms with E-state index in [0.29, 0.717) is 38.7 Å². The summed E-state index contributed by atoms with van der Waals surface area (Å²) in [6, 6.07) is 7.99. The van der Waals surface area contributed by atoms with Crippen molar-refractivity contribution in [1.82, 2.24) is 14.9 Å². The molecule has 1 amide bonds. The van der Waals surface area contributed by atoms with Crippen LogP contribution < -0.4 is 10.2 Å². The third-order valence-electron chi connectivity index (χ3n) is 4.36. The molecule has 0 saturated carbocycles. The Morgan fingerprint density at radius 2 is 1.75 bits per heavy atom. The van der Waals surface area contributed by atoms with Crippen molar-refractivity contribution in [2.24, 2.45) is 0 Å². The molecule has 1 N–H and O–H groups in total. The first-order valence-electron chi connectivity index (χ1n) is 9.06. The Morgan fingerprint density at radius 3 is 2.43 bits per heavy atom. The fraction of sp³-hybridized carbons (Fsp3) is 0.368. The van der Waals surface area contributed by atoms with E-state index in [1.807, 2.05) is 0 Å². The number of benzene rings is 1. The summed E-state index contributed by atoms with van der Waals surface area (Å²) in [4.78, 5) is 35.7. The van der Waals surface area contributed by atoms with Gasteiger partial charge in [0.15, 0.2) is 6.61 Å². The molecule has 1 aromatic carbocycles. The van der Waals surface area contributed by atoms with E-state index >= 15 is 0 Å². The number of amides is 1. The van der Waals surface area contributed by atoms with Crippen LogP contribution in [0.3, 0.4) is 0 Å². The van der Waals surface area contributed by atoms with E-state index in [4.69, 9.17) is 4.74 Å². The minimum atomic E-state index is -0.457. The van der Waals surface area contributed by atoms with Crippen molar-refractivity contribution in [3.63, 3.8) is 0 Å². The van der Waals surface area contributed by atoms with Crippen LogP contribution in [0.25, 0.3) is 0 Å². The van der Waals surface area contributed by atoms with Gasteiger partial charge in [-0.15, -0.1) is 0 Å². The predicted octanol–water partition coefficient (Wildman–Crippen LogP) is 1.31. The van der Waals surface area contributed by atoms with Gasteiger partial charge in [-0.25, -0.2) is 14.4 Å². The minimum Gasteiger partial charge on any atom is -0.456 e. The molecule has 2 heterocycles. The Kier molecular flexibility index (Phi) is 6.72. The van der Waals surface area contributed by atoms with E-state index in [1.54, 1.807) is 35.5 Å². The van der Waals surface area contributed by atoms with E-state index in [2.05, 4.69) is 20.2 Å². The number of hydrogen-bond acceptors (Lipinski definition) is 7. The lowest BCUT2D eigenvalue weighted by Crippen LogP contribution is -2.49. The SMILES string of the molecule is O=C(CCNc1ncccn1)OCC(=O)N1CCN(c2ccc(F)cc2)CC1. The van der Waals surface area contributed by atoms with Crippen molar-refractivity contribution in [1.29, 1.82) is 0 Å². The van der Waals surface area contributed by atoms with Crippen LogP contribution in [0.1, 0.15) is 6.42 Å². The molecule has 1 saturated heterocycles. The Morgan fingerprint density at radius 1 is 1.07 bits per heavy atom. The number of anilines is 2. The maximum absolute atomic E-state index is 13.0. The molecule has 0 radical (unpaired) electrons. The standard InChI is InChI=1S/C19H22FN5O3/c20-15-2-4-16(5-3-15)24-10-12-25(13-11-24)17(26)14-28-18(27)6-9-23-19-21-7-1-8-22-19/h1-5,7-8H,6,9-14H2,(H,21,22,23). The second-order valence-corrected chi connectivity index (χ2v) is 6.25. The van der Waals surface area contributed by atoms with E-state index in [-0.39, 0.29) is 24.8 Å². The van der Waals surface area contributed by atoms with Gasteiger partial charge in [-0.3, -0.25) is 9.59 Å². The van der Waals surface area contributed by atoms with Gasteiger partial charge in [-0.05, 0) is 30.3 Å². The maximum Gasteiger partial charge on any atom is 0.308 e. The zero-order chi connectivity index (χ0) is 19.8. The Bertz CT molecular complexity index is 780. The predicted molar refractivity (Wildman–Crippen MR) is 101 cm³/mol. The lowest BCUT2D eigenvalue weighted by atomic mass is 10.2. The van der Waals surface area contributed by atoms with Crippen LogP contribution in [-0.2, 0) is 14.3 Å². The van der Waals surface area contributed by atoms with Crippen molar-refractivity contribution in [3.05, 3.63) is 48.5 Å². The van der Waals surface area contributed by atoms with Gasteiger partial charge in [0.2, 0.25) is 5.95 Å². The number of hydrogen-bond donors (Lipinski definition) is 1. The quantitative estimate of drug-likeness (QED) is 0.717. The highest BCUT2D eigenvalue weighted by molar-refractivity contribution is 5.81. The first-order chi connectivity index (χ1) is 13.6. The van der Waals surface area contributed by atoms with Crippen LogP contribution in [0.15, 0.2) is 42.7 Å². The van der Waals surface area contributed by atoms with Crippen molar-refractivity contribution >= 4 is 23.5 Å². The molecular weight excluding hydrogens is 365 g/mol. The molecule has 2 aromatic rings. The molecule has 8 nitrogen and oxygen atoms in total. The molecule has 0 atom stereocenters. The number of aromatic nitrogens is 2. The molecule has 1 aliphatic heterocycles. The largest absolute Gasteiger partial charge is 0.456 e. The molecular formula is C19H22FN5O3. The summed E-state index contributed by atoms with van der Waals surface area (Å²) in [6.07, 6.45) is 3.31. The maximum atomic E-state index is 13.0. The third kappa shape index (κ3) is 5.63. The summed E-state index contributed by atoms with van der Waals surface area (Å²) >= 11 is 0. The summed E-state index contributed by atoms with van der Waals surface area (Å²) < 4.78 is 18.1. The van der Waals surface area contributed by atoms with Crippen molar-refractivity contribution in [3.8, 4) is 0 Å². The fourth-order valence-electron chi connectivity index (χ4n) is 2.84. The molecule has 148 valence electrons. The number of carbonyl (C=O) groups is 2. The van der Waals surface area contributed by atoms with E-state index in [9.17, 15) is 14.0 Å². The second-order valence-electron chi connectivity index (χ2n) is 6.25. The van der Waals surface area contributed by atoms with Crippen LogP contribution in [0.2, 0.25) is 0 Å². The molecule has 0 unspecified atom stereocenters. The molecule has 1 aromatic heterocycles. The molecule has 1 fully saturated rings. The van der Waals surface area contributed by atoms with Crippen LogP contribution in [0.5, 0.6) is 0 Å².